The fourth-order valence-electron chi connectivity index (χ4n) is 2.83. The average molecular weight is 400 g/mol. The van der Waals surface area contributed by atoms with Crippen molar-refractivity contribution in [2.24, 2.45) is 10.9 Å². The van der Waals surface area contributed by atoms with Crippen molar-refractivity contribution >= 4 is 40.8 Å². The molecule has 0 fully saturated rings. The molecular formula is C16H15Cl2N3O5. The monoisotopic (exact) mass is 399 g/mol. The Morgan fingerprint density at radius 1 is 1.35 bits per heavy atom. The number of benzene rings is 1. The number of nitro groups is 1. The summed E-state index contributed by atoms with van der Waals surface area (Å²) in [6, 6.07) is 4.62. The zero-order valence-electron chi connectivity index (χ0n) is 14.1. The number of halogens is 2. The fraction of sp³-hybridized carbons (Fsp3) is 0.312. The number of nitrogens with zero attached hydrogens (tertiary/aromatic N) is 2. The minimum atomic E-state index is -1.14. The lowest BCUT2D eigenvalue weighted by Gasteiger charge is -2.28. The van der Waals surface area contributed by atoms with Crippen molar-refractivity contribution in [3.8, 4) is 0 Å². The van der Waals surface area contributed by atoms with E-state index in [1.165, 1.54) is 33.1 Å². The lowest BCUT2D eigenvalue weighted by molar-refractivity contribution is -0.432. The number of carbonyl (C=O) groups excluding carboxylic acids is 2. The Hall–Kier alpha value is -2.45. The van der Waals surface area contributed by atoms with Crippen LogP contribution in [0.4, 0.5) is 0 Å². The van der Waals surface area contributed by atoms with Gasteiger partial charge in [-0.05, 0) is 18.6 Å². The van der Waals surface area contributed by atoms with E-state index in [4.69, 9.17) is 27.9 Å². The smallest absolute Gasteiger partial charge is 0.315 e. The molecule has 2 rings (SSSR count). The average Bonchev–Trinajstić information content (AvgIpc) is 2.55. The quantitative estimate of drug-likeness (QED) is 0.475. The summed E-state index contributed by atoms with van der Waals surface area (Å²) in [4.78, 5) is 38.9. The Morgan fingerprint density at radius 3 is 2.54 bits per heavy atom. The maximum atomic E-state index is 12.3. The van der Waals surface area contributed by atoms with Gasteiger partial charge >= 0.3 is 5.97 Å². The summed E-state index contributed by atoms with van der Waals surface area (Å²) in [5.74, 6) is -3.73. The number of allylic oxidation sites excluding steroid dienone is 1. The second-order valence-corrected chi connectivity index (χ2v) is 6.33. The summed E-state index contributed by atoms with van der Waals surface area (Å²) >= 11 is 12.3. The third kappa shape index (κ3) is 3.71. The third-order valence-electron chi connectivity index (χ3n) is 3.87. The number of carbonyl (C=O) groups is 2. The molecule has 1 N–H and O–H groups in total. The molecule has 0 aromatic heterocycles. The first kappa shape index (κ1) is 19.9. The number of aliphatic imine (C=N–C) groups is 1. The number of rotatable bonds is 4. The lowest BCUT2D eigenvalue weighted by Crippen LogP contribution is -2.38. The summed E-state index contributed by atoms with van der Waals surface area (Å²) in [7, 11) is 1.17. The largest absolute Gasteiger partial charge is 0.468 e. The molecule has 8 nitrogen and oxygen atoms in total. The van der Waals surface area contributed by atoms with Gasteiger partial charge in [0.1, 0.15) is 5.92 Å². The molecule has 1 aromatic rings. The first-order valence-corrected chi connectivity index (χ1v) is 8.17. The van der Waals surface area contributed by atoms with E-state index in [0.717, 1.165) is 0 Å². The number of hydrogen-bond acceptors (Lipinski definition) is 6. The lowest BCUT2D eigenvalue weighted by atomic mass is 9.79. The molecule has 138 valence electrons. The molecule has 0 spiro atoms. The van der Waals surface area contributed by atoms with E-state index in [0.29, 0.717) is 0 Å². The normalized spacial score (nSPS) is 19.7. The number of amides is 1. The van der Waals surface area contributed by atoms with Crippen molar-refractivity contribution < 1.29 is 19.2 Å². The van der Waals surface area contributed by atoms with Crippen molar-refractivity contribution in [2.45, 2.75) is 19.8 Å². The van der Waals surface area contributed by atoms with Crippen LogP contribution in [0.2, 0.25) is 10.0 Å². The van der Waals surface area contributed by atoms with Crippen LogP contribution in [0.1, 0.15) is 25.3 Å². The number of ether oxygens (including phenoxy) is 1. The Balaban J connectivity index is 2.80. The van der Waals surface area contributed by atoms with E-state index in [2.05, 4.69) is 10.3 Å². The summed E-state index contributed by atoms with van der Waals surface area (Å²) in [5.41, 5.74) is 0.0379. The molecule has 0 radical (unpaired) electrons. The second-order valence-electron chi connectivity index (χ2n) is 5.55. The van der Waals surface area contributed by atoms with Gasteiger partial charge in [0.05, 0.1) is 28.0 Å². The second kappa shape index (κ2) is 7.84. The Bertz CT molecular complexity index is 850. The predicted molar refractivity (Wildman–Crippen MR) is 95.7 cm³/mol. The molecular weight excluding hydrogens is 385 g/mol. The molecule has 26 heavy (non-hydrogen) atoms. The SMILES string of the molecule is COC(=O)C1C(C)=NC(NC(C)=O)=C([N+](=O)[O-])C1c1cccc(Cl)c1Cl. The minimum absolute atomic E-state index is 0.0734. The molecule has 10 heteroatoms. The molecule has 2 unspecified atom stereocenters. The van der Waals surface area contributed by atoms with Crippen molar-refractivity contribution in [1.29, 1.82) is 0 Å². The van der Waals surface area contributed by atoms with E-state index < -0.39 is 34.3 Å². The van der Waals surface area contributed by atoms with Gasteiger partial charge in [0, 0.05) is 12.6 Å². The van der Waals surface area contributed by atoms with E-state index in [9.17, 15) is 19.7 Å². The van der Waals surface area contributed by atoms with Crippen LogP contribution in [0, 0.1) is 16.0 Å². The molecule has 1 aliphatic rings. The minimum Gasteiger partial charge on any atom is -0.468 e. The molecule has 1 aliphatic heterocycles. The number of esters is 1. The molecule has 0 bridgehead atoms. The van der Waals surface area contributed by atoms with Crippen molar-refractivity contribution in [3.63, 3.8) is 0 Å². The highest BCUT2D eigenvalue weighted by Gasteiger charge is 2.47. The fourth-order valence-corrected chi connectivity index (χ4v) is 3.25. The first-order valence-electron chi connectivity index (χ1n) is 7.42. The van der Waals surface area contributed by atoms with Crippen LogP contribution in [0.15, 0.2) is 34.7 Å². The molecule has 1 heterocycles. The molecule has 2 atom stereocenters. The van der Waals surface area contributed by atoms with Gasteiger partial charge in [0.25, 0.3) is 5.70 Å². The van der Waals surface area contributed by atoms with Crippen LogP contribution in [-0.4, -0.2) is 29.6 Å². The molecule has 0 aliphatic carbocycles. The molecule has 1 amide bonds. The maximum absolute atomic E-state index is 12.3. The van der Waals surface area contributed by atoms with Gasteiger partial charge in [-0.2, -0.15) is 0 Å². The number of hydrogen-bond donors (Lipinski definition) is 1. The molecule has 0 saturated carbocycles. The van der Waals surface area contributed by atoms with Crippen LogP contribution < -0.4 is 5.32 Å². The summed E-state index contributed by atoms with van der Waals surface area (Å²) < 4.78 is 4.80. The Morgan fingerprint density at radius 2 is 2.00 bits per heavy atom. The number of nitrogens with one attached hydrogen (secondary N) is 1. The van der Waals surface area contributed by atoms with Crippen LogP contribution in [0.3, 0.4) is 0 Å². The third-order valence-corrected chi connectivity index (χ3v) is 4.71. The zero-order valence-corrected chi connectivity index (χ0v) is 15.6. The summed E-state index contributed by atoms with van der Waals surface area (Å²) in [6.07, 6.45) is 0. The van der Waals surface area contributed by atoms with Crippen molar-refractivity contribution in [3.05, 3.63) is 55.4 Å². The Labute approximate surface area is 159 Å². The highest BCUT2D eigenvalue weighted by molar-refractivity contribution is 6.42. The van der Waals surface area contributed by atoms with Crippen LogP contribution in [0.25, 0.3) is 0 Å². The highest BCUT2D eigenvalue weighted by Crippen LogP contribution is 2.43. The maximum Gasteiger partial charge on any atom is 0.315 e. The van der Waals surface area contributed by atoms with Crippen LogP contribution in [-0.2, 0) is 14.3 Å². The number of methoxy groups -OCH3 is 1. The van der Waals surface area contributed by atoms with Crippen LogP contribution >= 0.6 is 23.2 Å². The topological polar surface area (TPSA) is 111 Å². The van der Waals surface area contributed by atoms with E-state index >= 15 is 0 Å². The standard InChI is InChI=1S/C16H15Cl2N3O5/c1-7-11(16(23)26-3)12(9-5-4-6-10(17)13(9)18)14(21(24)25)15(19-7)20-8(2)22/h4-6,11-12H,1-3H3,(H,20,22). The molecule has 1 aromatic carbocycles. The van der Waals surface area contributed by atoms with Gasteiger partial charge in [0.2, 0.25) is 11.7 Å². The van der Waals surface area contributed by atoms with Crippen molar-refractivity contribution in [1.82, 2.24) is 5.32 Å². The van der Waals surface area contributed by atoms with Gasteiger partial charge in [-0.3, -0.25) is 19.7 Å². The summed E-state index contributed by atoms with van der Waals surface area (Å²) in [6.45, 7) is 2.72. The Kier molecular flexibility index (Phi) is 5.99. The van der Waals surface area contributed by atoms with Gasteiger partial charge in [0.15, 0.2) is 0 Å². The molecule has 0 saturated heterocycles. The van der Waals surface area contributed by atoms with Crippen LogP contribution in [0.5, 0.6) is 0 Å². The van der Waals surface area contributed by atoms with E-state index in [1.54, 1.807) is 6.07 Å². The van der Waals surface area contributed by atoms with Gasteiger partial charge in [-0.15, -0.1) is 0 Å². The summed E-state index contributed by atoms with van der Waals surface area (Å²) in [5, 5.41) is 14.4. The first-order chi connectivity index (χ1) is 12.2. The van der Waals surface area contributed by atoms with Crippen molar-refractivity contribution in [2.75, 3.05) is 7.11 Å². The van der Waals surface area contributed by atoms with Gasteiger partial charge < -0.3 is 10.1 Å². The predicted octanol–water partition coefficient (Wildman–Crippen LogP) is 2.92. The van der Waals surface area contributed by atoms with Gasteiger partial charge in [-0.1, -0.05) is 35.3 Å². The van der Waals surface area contributed by atoms with Gasteiger partial charge in [-0.25, -0.2) is 4.99 Å². The zero-order chi connectivity index (χ0) is 19.6. The van der Waals surface area contributed by atoms with E-state index in [-0.39, 0.29) is 27.1 Å². The van der Waals surface area contributed by atoms with E-state index in [1.807, 2.05) is 0 Å². The highest BCUT2D eigenvalue weighted by atomic mass is 35.5.